The van der Waals surface area contributed by atoms with Crippen molar-refractivity contribution in [2.75, 3.05) is 23.8 Å². The normalized spacial score (nSPS) is 16.8. The molecule has 2 aromatic rings. The number of para-hydroxylation sites is 2. The third-order valence-electron chi connectivity index (χ3n) is 4.23. The lowest BCUT2D eigenvalue weighted by Gasteiger charge is -2.24. The molecular weight excluding hydrogens is 328 g/mol. The number of rotatable bonds is 3. The van der Waals surface area contributed by atoms with Crippen LogP contribution in [-0.2, 0) is 4.79 Å². The maximum absolute atomic E-state index is 13.7. The van der Waals surface area contributed by atoms with Gasteiger partial charge in [-0.3, -0.25) is 4.79 Å². The molecule has 1 N–H and O–H groups in total. The summed E-state index contributed by atoms with van der Waals surface area (Å²) in [4.78, 5) is 27.7. The van der Waals surface area contributed by atoms with Crippen LogP contribution in [-0.4, -0.2) is 36.5 Å². The van der Waals surface area contributed by atoms with Crippen molar-refractivity contribution in [1.82, 2.24) is 4.90 Å². The molecule has 1 saturated heterocycles. The van der Waals surface area contributed by atoms with Gasteiger partial charge in [-0.25, -0.2) is 13.6 Å². The van der Waals surface area contributed by atoms with E-state index in [0.29, 0.717) is 13.0 Å². The van der Waals surface area contributed by atoms with Crippen molar-refractivity contribution < 1.29 is 18.4 Å². The van der Waals surface area contributed by atoms with E-state index in [2.05, 4.69) is 5.32 Å². The van der Waals surface area contributed by atoms with Crippen LogP contribution in [0.25, 0.3) is 0 Å². The predicted molar refractivity (Wildman–Crippen MR) is 90.3 cm³/mol. The highest BCUT2D eigenvalue weighted by atomic mass is 19.1. The molecule has 0 saturated carbocycles. The lowest BCUT2D eigenvalue weighted by molar-refractivity contribution is -0.120. The molecule has 2 aromatic carbocycles. The maximum atomic E-state index is 13.7. The molecule has 1 fully saturated rings. The molecule has 0 aromatic heterocycles. The Balaban J connectivity index is 1.72. The summed E-state index contributed by atoms with van der Waals surface area (Å²) < 4.78 is 27.3. The van der Waals surface area contributed by atoms with E-state index in [1.165, 1.54) is 18.0 Å². The predicted octanol–water partition coefficient (Wildman–Crippen LogP) is 3.23. The van der Waals surface area contributed by atoms with E-state index in [1.54, 1.807) is 4.90 Å². The Labute approximate surface area is 143 Å². The van der Waals surface area contributed by atoms with Gasteiger partial charge < -0.3 is 15.1 Å². The highest BCUT2D eigenvalue weighted by molar-refractivity contribution is 6.02. The first kappa shape index (κ1) is 16.9. The van der Waals surface area contributed by atoms with Crippen molar-refractivity contribution in [3.05, 3.63) is 60.2 Å². The molecule has 1 atom stereocenters. The van der Waals surface area contributed by atoms with Gasteiger partial charge in [0.05, 0.1) is 0 Å². The standard InChI is InChI=1S/C18H17F2N3O2/c1-22(18(25)21-16-13(19)8-5-9-14(16)20)15-10-11-23(17(15)24)12-6-3-2-4-7-12/h2-9,15H,10-11H2,1H3,(H,21,25)/t15-/m0/s1. The van der Waals surface area contributed by atoms with Crippen molar-refractivity contribution in [2.24, 2.45) is 0 Å². The summed E-state index contributed by atoms with van der Waals surface area (Å²) >= 11 is 0. The second-order valence-electron chi connectivity index (χ2n) is 5.77. The maximum Gasteiger partial charge on any atom is 0.322 e. The van der Waals surface area contributed by atoms with E-state index in [0.717, 1.165) is 17.8 Å². The lowest BCUT2D eigenvalue weighted by atomic mass is 10.2. The number of nitrogens with one attached hydrogen (secondary N) is 1. The summed E-state index contributed by atoms with van der Waals surface area (Å²) in [6, 6.07) is 11.0. The minimum Gasteiger partial charge on any atom is -0.315 e. The van der Waals surface area contributed by atoms with Gasteiger partial charge in [0, 0.05) is 19.3 Å². The van der Waals surface area contributed by atoms with Crippen molar-refractivity contribution in [2.45, 2.75) is 12.5 Å². The zero-order chi connectivity index (χ0) is 18.0. The van der Waals surface area contributed by atoms with E-state index in [4.69, 9.17) is 0 Å². The number of hydrogen-bond acceptors (Lipinski definition) is 2. The van der Waals surface area contributed by atoms with Gasteiger partial charge in [-0.1, -0.05) is 24.3 Å². The fourth-order valence-electron chi connectivity index (χ4n) is 2.84. The third kappa shape index (κ3) is 3.31. The zero-order valence-corrected chi connectivity index (χ0v) is 13.6. The molecule has 130 valence electrons. The molecule has 1 aliphatic heterocycles. The number of benzene rings is 2. The SMILES string of the molecule is CN(C(=O)Nc1c(F)cccc1F)[C@H]1CCN(c2ccccc2)C1=O. The van der Waals surface area contributed by atoms with Gasteiger partial charge in [-0.2, -0.15) is 0 Å². The van der Waals surface area contributed by atoms with Gasteiger partial charge in [0.1, 0.15) is 23.4 Å². The van der Waals surface area contributed by atoms with E-state index < -0.39 is 29.4 Å². The highest BCUT2D eigenvalue weighted by Gasteiger charge is 2.37. The number of amides is 3. The van der Waals surface area contributed by atoms with E-state index in [-0.39, 0.29) is 5.91 Å². The molecule has 0 unspecified atom stereocenters. The smallest absolute Gasteiger partial charge is 0.315 e. The average molecular weight is 345 g/mol. The van der Waals surface area contributed by atoms with Crippen LogP contribution in [0.1, 0.15) is 6.42 Å². The number of nitrogens with zero attached hydrogens (tertiary/aromatic N) is 2. The highest BCUT2D eigenvalue weighted by Crippen LogP contribution is 2.25. The number of anilines is 2. The topological polar surface area (TPSA) is 52.7 Å². The Kier molecular flexibility index (Phi) is 4.65. The van der Waals surface area contributed by atoms with Gasteiger partial charge in [-0.05, 0) is 30.7 Å². The monoisotopic (exact) mass is 345 g/mol. The van der Waals surface area contributed by atoms with Crippen molar-refractivity contribution in [3.63, 3.8) is 0 Å². The van der Waals surface area contributed by atoms with Gasteiger partial charge in [0.2, 0.25) is 5.91 Å². The first-order valence-corrected chi connectivity index (χ1v) is 7.83. The molecular formula is C18H17F2N3O2. The van der Waals surface area contributed by atoms with E-state index in [9.17, 15) is 18.4 Å². The largest absolute Gasteiger partial charge is 0.322 e. The average Bonchev–Trinajstić information content (AvgIpc) is 2.99. The van der Waals surface area contributed by atoms with E-state index >= 15 is 0 Å². The Bertz CT molecular complexity index is 778. The second-order valence-corrected chi connectivity index (χ2v) is 5.77. The summed E-state index contributed by atoms with van der Waals surface area (Å²) in [7, 11) is 1.44. The number of urea groups is 1. The zero-order valence-electron chi connectivity index (χ0n) is 13.6. The van der Waals surface area contributed by atoms with Gasteiger partial charge in [-0.15, -0.1) is 0 Å². The summed E-state index contributed by atoms with van der Waals surface area (Å²) in [5.41, 5.74) is 0.230. The number of halogens is 2. The van der Waals surface area contributed by atoms with Crippen LogP contribution in [0.2, 0.25) is 0 Å². The Morgan fingerprint density at radius 1 is 1.12 bits per heavy atom. The van der Waals surface area contributed by atoms with Crippen molar-refractivity contribution in [1.29, 1.82) is 0 Å². The van der Waals surface area contributed by atoms with Gasteiger partial charge in [0.15, 0.2) is 0 Å². The summed E-state index contributed by atoms with van der Waals surface area (Å²) in [6.07, 6.45) is 0.442. The second kappa shape index (κ2) is 6.88. The lowest BCUT2D eigenvalue weighted by Crippen LogP contribution is -2.45. The molecule has 25 heavy (non-hydrogen) atoms. The molecule has 0 radical (unpaired) electrons. The van der Waals surface area contributed by atoms with Crippen LogP contribution in [0.3, 0.4) is 0 Å². The summed E-state index contributed by atoms with van der Waals surface area (Å²) in [6.45, 7) is 0.471. The summed E-state index contributed by atoms with van der Waals surface area (Å²) in [5.74, 6) is -1.96. The van der Waals surface area contributed by atoms with Crippen LogP contribution in [0.4, 0.5) is 25.0 Å². The van der Waals surface area contributed by atoms with Gasteiger partial charge in [0.25, 0.3) is 0 Å². The molecule has 0 aliphatic carbocycles. The molecule has 1 heterocycles. The fraction of sp³-hybridized carbons (Fsp3) is 0.222. The number of carbonyl (C=O) groups excluding carboxylic acids is 2. The van der Waals surface area contributed by atoms with Crippen LogP contribution < -0.4 is 10.2 Å². The quantitative estimate of drug-likeness (QED) is 0.929. The first-order chi connectivity index (χ1) is 12.0. The van der Waals surface area contributed by atoms with Crippen molar-refractivity contribution in [3.8, 4) is 0 Å². The van der Waals surface area contributed by atoms with Crippen LogP contribution in [0.15, 0.2) is 48.5 Å². The first-order valence-electron chi connectivity index (χ1n) is 7.83. The molecule has 0 bridgehead atoms. The fourth-order valence-corrected chi connectivity index (χ4v) is 2.84. The third-order valence-corrected chi connectivity index (χ3v) is 4.23. The summed E-state index contributed by atoms with van der Waals surface area (Å²) in [5, 5.41) is 2.20. The molecule has 7 heteroatoms. The minimum atomic E-state index is -0.870. The van der Waals surface area contributed by atoms with E-state index in [1.807, 2.05) is 30.3 Å². The number of likely N-dealkylation sites (N-methyl/N-ethyl adjacent to an activating group) is 1. The Morgan fingerprint density at radius 2 is 1.76 bits per heavy atom. The van der Waals surface area contributed by atoms with Crippen LogP contribution in [0, 0.1) is 11.6 Å². The van der Waals surface area contributed by atoms with Crippen LogP contribution in [0.5, 0.6) is 0 Å². The Morgan fingerprint density at radius 3 is 2.40 bits per heavy atom. The molecule has 0 spiro atoms. The van der Waals surface area contributed by atoms with Gasteiger partial charge >= 0.3 is 6.03 Å². The molecule has 5 nitrogen and oxygen atoms in total. The number of carbonyl (C=O) groups is 2. The van der Waals surface area contributed by atoms with Crippen LogP contribution >= 0.6 is 0 Å². The Hall–Kier alpha value is -2.96. The van der Waals surface area contributed by atoms with Crippen molar-refractivity contribution >= 4 is 23.3 Å². The molecule has 3 amide bonds. The molecule has 1 aliphatic rings. The minimum absolute atomic E-state index is 0.224. The molecule has 3 rings (SSSR count). The number of hydrogen-bond donors (Lipinski definition) is 1.